The van der Waals surface area contributed by atoms with Crippen LogP contribution in [-0.2, 0) is 0 Å². The fraction of sp³-hybridized carbons (Fsp3) is 0. The standard InChI is InChI=1S/C40H28N4Si/c1-41-33-18-14-17-32(29-33)40-43-38(30-15-6-2-7-16-30)42-39(44-40)31-25-27-37(28-26-31)45(34-19-8-3-9-20-34,35-21-10-4-11-22-35)36-23-12-5-13-24-36/h2-29H. The Bertz CT molecular complexity index is 2000. The number of hydrogen-bond donors (Lipinski definition) is 0. The molecule has 0 radical (unpaired) electrons. The third-order valence-electron chi connectivity index (χ3n) is 8.10. The van der Waals surface area contributed by atoms with E-state index in [1.807, 2.05) is 48.5 Å². The summed E-state index contributed by atoms with van der Waals surface area (Å²) in [6.45, 7) is 7.49. The van der Waals surface area contributed by atoms with E-state index in [1.54, 1.807) is 6.07 Å². The van der Waals surface area contributed by atoms with Crippen LogP contribution in [0.25, 0.3) is 39.0 Å². The van der Waals surface area contributed by atoms with Crippen molar-refractivity contribution in [1.29, 1.82) is 0 Å². The maximum Gasteiger partial charge on any atom is 0.187 e. The van der Waals surface area contributed by atoms with Gasteiger partial charge in [-0.3, -0.25) is 0 Å². The molecule has 0 aliphatic heterocycles. The molecule has 0 amide bonds. The topological polar surface area (TPSA) is 43.0 Å². The van der Waals surface area contributed by atoms with E-state index in [0.29, 0.717) is 23.2 Å². The molecule has 0 fully saturated rings. The number of nitrogens with zero attached hydrogens (tertiary/aromatic N) is 4. The molecule has 0 N–H and O–H groups in total. The van der Waals surface area contributed by atoms with Crippen LogP contribution < -0.4 is 20.7 Å². The minimum Gasteiger partial charge on any atom is -0.238 e. The Kier molecular flexibility index (Phi) is 7.63. The molecule has 1 heterocycles. The van der Waals surface area contributed by atoms with E-state index in [4.69, 9.17) is 21.5 Å². The Hall–Kier alpha value is -5.96. The van der Waals surface area contributed by atoms with Crippen LogP contribution in [0.15, 0.2) is 170 Å². The lowest BCUT2D eigenvalue weighted by Gasteiger charge is -2.34. The first-order chi connectivity index (χ1) is 22.3. The van der Waals surface area contributed by atoms with E-state index in [0.717, 1.165) is 16.7 Å². The molecule has 0 saturated carbocycles. The molecule has 0 aliphatic rings. The average Bonchev–Trinajstić information content (AvgIpc) is 3.14. The van der Waals surface area contributed by atoms with E-state index in [2.05, 4.69) is 120 Å². The van der Waals surface area contributed by atoms with Crippen LogP contribution in [0.5, 0.6) is 0 Å². The van der Waals surface area contributed by atoms with Crippen molar-refractivity contribution in [2.24, 2.45) is 0 Å². The fourth-order valence-corrected chi connectivity index (χ4v) is 10.7. The van der Waals surface area contributed by atoms with Crippen molar-refractivity contribution in [3.63, 3.8) is 0 Å². The van der Waals surface area contributed by atoms with Crippen LogP contribution in [0.4, 0.5) is 5.69 Å². The maximum atomic E-state index is 7.49. The van der Waals surface area contributed by atoms with Crippen LogP contribution in [0, 0.1) is 6.57 Å². The first-order valence-corrected chi connectivity index (χ1v) is 16.8. The molecule has 5 heteroatoms. The summed E-state index contributed by atoms with van der Waals surface area (Å²) in [6.07, 6.45) is 0. The molecule has 0 atom stereocenters. The quantitative estimate of drug-likeness (QED) is 0.116. The van der Waals surface area contributed by atoms with E-state index in [1.165, 1.54) is 20.7 Å². The molecule has 6 aromatic carbocycles. The molecule has 7 aromatic rings. The lowest BCUT2D eigenvalue weighted by Crippen LogP contribution is -2.74. The second kappa shape index (κ2) is 12.3. The van der Waals surface area contributed by atoms with Crippen LogP contribution in [-0.4, -0.2) is 23.0 Å². The molecule has 0 aliphatic carbocycles. The third kappa shape index (κ3) is 5.36. The summed E-state index contributed by atoms with van der Waals surface area (Å²) in [6, 6.07) is 58.8. The highest BCUT2D eigenvalue weighted by Crippen LogP contribution is 2.27. The first-order valence-electron chi connectivity index (χ1n) is 14.8. The minimum absolute atomic E-state index is 0.537. The van der Waals surface area contributed by atoms with Crippen molar-refractivity contribution in [1.82, 2.24) is 15.0 Å². The van der Waals surface area contributed by atoms with E-state index in [-0.39, 0.29) is 0 Å². The molecule has 7 rings (SSSR count). The molecule has 0 spiro atoms. The van der Waals surface area contributed by atoms with Crippen molar-refractivity contribution in [2.75, 3.05) is 0 Å². The minimum atomic E-state index is -2.64. The van der Waals surface area contributed by atoms with Gasteiger partial charge in [-0.25, -0.2) is 19.8 Å². The lowest BCUT2D eigenvalue weighted by atomic mass is 10.1. The highest BCUT2D eigenvalue weighted by atomic mass is 28.3. The van der Waals surface area contributed by atoms with Gasteiger partial charge in [-0.15, -0.1) is 0 Å². The average molecular weight is 593 g/mol. The number of aromatic nitrogens is 3. The van der Waals surface area contributed by atoms with Gasteiger partial charge in [-0.1, -0.05) is 164 Å². The zero-order valence-corrected chi connectivity index (χ0v) is 25.5. The Morgan fingerprint density at radius 3 is 1.22 bits per heavy atom. The number of hydrogen-bond acceptors (Lipinski definition) is 3. The Morgan fingerprint density at radius 2 is 0.756 bits per heavy atom. The molecule has 0 unspecified atom stereocenters. The summed E-state index contributed by atoms with van der Waals surface area (Å²) in [4.78, 5) is 18.3. The lowest BCUT2D eigenvalue weighted by molar-refractivity contribution is 1.07. The molecular weight excluding hydrogens is 565 g/mol. The molecule has 0 saturated heterocycles. The predicted octanol–water partition coefficient (Wildman–Crippen LogP) is 6.80. The molecule has 4 nitrogen and oxygen atoms in total. The van der Waals surface area contributed by atoms with Crippen molar-refractivity contribution >= 4 is 34.5 Å². The van der Waals surface area contributed by atoms with E-state index < -0.39 is 8.07 Å². The van der Waals surface area contributed by atoms with Crippen molar-refractivity contribution < 1.29 is 0 Å². The Morgan fingerprint density at radius 1 is 0.378 bits per heavy atom. The van der Waals surface area contributed by atoms with Gasteiger partial charge in [0.1, 0.15) is 0 Å². The van der Waals surface area contributed by atoms with Crippen molar-refractivity contribution in [3.05, 3.63) is 181 Å². The van der Waals surface area contributed by atoms with Crippen molar-refractivity contribution in [2.45, 2.75) is 0 Å². The zero-order valence-electron chi connectivity index (χ0n) is 24.5. The van der Waals surface area contributed by atoms with Crippen LogP contribution in [0.3, 0.4) is 0 Å². The summed E-state index contributed by atoms with van der Waals surface area (Å²) in [5.41, 5.74) is 3.13. The normalized spacial score (nSPS) is 11.1. The van der Waals surface area contributed by atoms with Gasteiger partial charge in [0.05, 0.1) is 6.57 Å². The first kappa shape index (κ1) is 27.8. The summed E-state index contributed by atoms with van der Waals surface area (Å²) in [5, 5.41) is 5.24. The third-order valence-corrected chi connectivity index (χ3v) is 12.9. The fourth-order valence-electron chi connectivity index (χ4n) is 6.00. The molecule has 1 aromatic heterocycles. The van der Waals surface area contributed by atoms with Crippen LogP contribution in [0.2, 0.25) is 0 Å². The number of benzene rings is 6. The van der Waals surface area contributed by atoms with Gasteiger partial charge in [-0.2, -0.15) is 0 Å². The summed E-state index contributed by atoms with van der Waals surface area (Å²) in [7, 11) is -2.64. The van der Waals surface area contributed by atoms with Gasteiger partial charge in [0.25, 0.3) is 0 Å². The van der Waals surface area contributed by atoms with Crippen LogP contribution in [0.1, 0.15) is 0 Å². The highest BCUT2D eigenvalue weighted by molar-refractivity contribution is 7.19. The largest absolute Gasteiger partial charge is 0.238 e. The number of rotatable bonds is 7. The molecular formula is C40H28N4Si. The van der Waals surface area contributed by atoms with Gasteiger partial charge in [0.15, 0.2) is 31.2 Å². The van der Waals surface area contributed by atoms with Gasteiger partial charge >= 0.3 is 0 Å². The monoisotopic (exact) mass is 592 g/mol. The summed E-state index contributed by atoms with van der Waals surface area (Å²) in [5.74, 6) is 1.72. The second-order valence-corrected chi connectivity index (χ2v) is 14.6. The Balaban J connectivity index is 1.41. The van der Waals surface area contributed by atoms with E-state index >= 15 is 0 Å². The molecule has 45 heavy (non-hydrogen) atoms. The zero-order chi connectivity index (χ0) is 30.5. The Labute approximate surface area is 264 Å². The van der Waals surface area contributed by atoms with E-state index in [9.17, 15) is 0 Å². The molecule has 212 valence electrons. The van der Waals surface area contributed by atoms with Gasteiger partial charge in [-0.05, 0) is 26.8 Å². The highest BCUT2D eigenvalue weighted by Gasteiger charge is 2.41. The summed E-state index contributed by atoms with van der Waals surface area (Å²) < 4.78 is 0. The predicted molar refractivity (Wildman–Crippen MR) is 186 cm³/mol. The summed E-state index contributed by atoms with van der Waals surface area (Å²) >= 11 is 0. The maximum absolute atomic E-state index is 7.49. The van der Waals surface area contributed by atoms with Crippen molar-refractivity contribution in [3.8, 4) is 34.2 Å². The van der Waals surface area contributed by atoms with Gasteiger partial charge in [0.2, 0.25) is 0 Å². The smallest absolute Gasteiger partial charge is 0.187 e. The SMILES string of the molecule is [C-]#[N+]c1cccc(-c2nc(-c3ccccc3)nc(-c3ccc([Si](c4ccccc4)(c4ccccc4)c4ccccc4)cc3)n2)c1. The van der Waals surface area contributed by atoms with Crippen LogP contribution >= 0.6 is 0 Å². The second-order valence-electron chi connectivity index (χ2n) is 10.8. The van der Waals surface area contributed by atoms with Gasteiger partial charge in [0, 0.05) is 16.7 Å². The molecule has 0 bridgehead atoms. The van der Waals surface area contributed by atoms with Gasteiger partial charge < -0.3 is 0 Å².